The van der Waals surface area contributed by atoms with E-state index in [1.165, 1.54) is 318 Å². The molecule has 0 aliphatic carbocycles. The Morgan fingerprint density at radius 3 is 0.515 bits per heavy atom. The summed E-state index contributed by atoms with van der Waals surface area (Å²) in [5, 5.41) is 19.5. The standard InChI is InChI=1S/2C28H60N.C6H10O4/c2*1-5-9-11-13-15-17-19-21-23-25-27-29(7-3,8-4)28-26-24-22-20-18-16-14-12-10-6-2;7-5(8)3-1-2-4-6(9)10/h2*5-28H2,1-4H3;1-4H2,(H,7,8)(H,9,10)/q2*+1;/p-2. The quantitative estimate of drug-likeness (QED) is 0.0449. The van der Waals surface area contributed by atoms with Crippen LogP contribution in [0, 0.1) is 0 Å². The second-order valence-corrected chi connectivity index (χ2v) is 21.5. The van der Waals surface area contributed by atoms with Crippen LogP contribution in [0.25, 0.3) is 0 Å². The molecule has 0 saturated heterocycles. The first-order valence-corrected chi connectivity index (χ1v) is 31.2. The molecule has 0 unspecified atom stereocenters. The van der Waals surface area contributed by atoms with Crippen molar-refractivity contribution in [3.63, 3.8) is 0 Å². The third-order valence-electron chi connectivity index (χ3n) is 15.6. The molecular weight excluding hydrogens is 837 g/mol. The van der Waals surface area contributed by atoms with Crippen LogP contribution in [0.1, 0.15) is 338 Å². The van der Waals surface area contributed by atoms with E-state index in [1.807, 2.05) is 0 Å². The molecule has 0 spiro atoms. The number of nitrogens with zero attached hydrogens (tertiary/aromatic N) is 2. The van der Waals surface area contributed by atoms with Crippen molar-refractivity contribution in [2.45, 2.75) is 338 Å². The van der Waals surface area contributed by atoms with Crippen LogP contribution in [-0.2, 0) is 9.59 Å². The topological polar surface area (TPSA) is 80.3 Å². The van der Waals surface area contributed by atoms with Crippen molar-refractivity contribution in [1.29, 1.82) is 0 Å². The van der Waals surface area contributed by atoms with Gasteiger partial charge in [0, 0.05) is 11.9 Å². The van der Waals surface area contributed by atoms with E-state index < -0.39 is 11.9 Å². The summed E-state index contributed by atoms with van der Waals surface area (Å²) in [6.45, 7) is 30.0. The maximum atomic E-state index is 9.77. The van der Waals surface area contributed by atoms with Gasteiger partial charge in [0.05, 0.1) is 52.4 Å². The van der Waals surface area contributed by atoms with Crippen LogP contribution in [0.4, 0.5) is 0 Å². The second-order valence-electron chi connectivity index (χ2n) is 21.5. The number of rotatable bonds is 53. The fraction of sp³-hybridized carbons (Fsp3) is 0.968. The first kappa shape index (κ1) is 71.1. The van der Waals surface area contributed by atoms with Crippen LogP contribution < -0.4 is 10.2 Å². The van der Waals surface area contributed by atoms with Crippen molar-refractivity contribution in [3.8, 4) is 0 Å². The summed E-state index contributed by atoms with van der Waals surface area (Å²) in [7, 11) is 0. The molecule has 0 aromatic heterocycles. The van der Waals surface area contributed by atoms with E-state index in [0.717, 1.165) is 0 Å². The summed E-state index contributed by atoms with van der Waals surface area (Å²) in [5.41, 5.74) is 0. The van der Waals surface area contributed by atoms with Crippen LogP contribution in [0.5, 0.6) is 0 Å². The minimum Gasteiger partial charge on any atom is -0.550 e. The molecule has 0 N–H and O–H groups in total. The van der Waals surface area contributed by atoms with E-state index in [9.17, 15) is 19.8 Å². The number of hydrogen-bond acceptors (Lipinski definition) is 4. The van der Waals surface area contributed by atoms with Gasteiger partial charge in [-0.3, -0.25) is 0 Å². The number of aliphatic carboxylic acids is 2. The van der Waals surface area contributed by atoms with Gasteiger partial charge in [-0.15, -0.1) is 0 Å². The van der Waals surface area contributed by atoms with Crippen LogP contribution in [0.3, 0.4) is 0 Å². The lowest BCUT2D eigenvalue weighted by atomic mass is 10.1. The van der Waals surface area contributed by atoms with Gasteiger partial charge < -0.3 is 28.8 Å². The van der Waals surface area contributed by atoms with Crippen LogP contribution in [0.2, 0.25) is 0 Å². The lowest BCUT2D eigenvalue weighted by molar-refractivity contribution is -0.925. The van der Waals surface area contributed by atoms with Gasteiger partial charge in [-0.05, 0) is 105 Å². The highest BCUT2D eigenvalue weighted by Crippen LogP contribution is 2.19. The van der Waals surface area contributed by atoms with Crippen molar-refractivity contribution in [2.24, 2.45) is 0 Å². The Labute approximate surface area is 429 Å². The lowest BCUT2D eigenvalue weighted by Gasteiger charge is -2.37. The van der Waals surface area contributed by atoms with Crippen molar-refractivity contribution in [1.82, 2.24) is 0 Å². The number of unbranched alkanes of at least 4 members (excludes halogenated alkanes) is 37. The average Bonchev–Trinajstić information content (AvgIpc) is 3.34. The third kappa shape index (κ3) is 54.2. The molecule has 6 heteroatoms. The molecule has 0 atom stereocenters. The Hall–Kier alpha value is -1.14. The van der Waals surface area contributed by atoms with Gasteiger partial charge in [-0.25, -0.2) is 0 Å². The molecule has 6 nitrogen and oxygen atoms in total. The summed E-state index contributed by atoms with van der Waals surface area (Å²) in [4.78, 5) is 19.5. The van der Waals surface area contributed by atoms with Crippen LogP contribution in [-0.4, -0.2) is 73.3 Å². The van der Waals surface area contributed by atoms with Crippen molar-refractivity contribution < 1.29 is 28.8 Å². The maximum absolute atomic E-state index is 9.77. The van der Waals surface area contributed by atoms with E-state index in [4.69, 9.17) is 0 Å². The van der Waals surface area contributed by atoms with E-state index in [0.29, 0.717) is 12.8 Å². The monoisotopic (exact) mass is 965 g/mol. The fourth-order valence-electron chi connectivity index (χ4n) is 10.2. The largest absolute Gasteiger partial charge is 0.550 e. The SMILES string of the molecule is CCCCCCCCCCCC[N+](CC)(CC)CCCCCCCCCCCC.CCCCCCCCCCCC[N+](CC)(CC)CCCCCCCCCCCC.O=C([O-])CCCCC(=O)[O-]. The lowest BCUT2D eigenvalue weighted by Crippen LogP contribution is -2.49. The summed E-state index contributed by atoms with van der Waals surface area (Å²) in [6.07, 6.45) is 58.8. The zero-order chi connectivity index (χ0) is 50.9. The molecule has 0 aliphatic heterocycles. The van der Waals surface area contributed by atoms with Gasteiger partial charge in [0.1, 0.15) is 0 Å². The number of carbonyl (C=O) groups is 2. The molecule has 0 aromatic carbocycles. The molecule has 0 amide bonds. The Balaban J connectivity index is -0.00000103. The fourth-order valence-corrected chi connectivity index (χ4v) is 10.2. The summed E-state index contributed by atoms with van der Waals surface area (Å²) in [5.74, 6) is -2.28. The average molecular weight is 966 g/mol. The maximum Gasteiger partial charge on any atom is 0.0786 e. The Morgan fingerprint density at radius 1 is 0.235 bits per heavy atom. The molecule has 0 saturated carbocycles. The molecule has 0 aromatic rings. The molecule has 0 radical (unpaired) electrons. The normalized spacial score (nSPS) is 11.6. The summed E-state index contributed by atoms with van der Waals surface area (Å²) < 4.78 is 2.77. The highest BCUT2D eigenvalue weighted by Gasteiger charge is 2.23. The molecule has 0 fully saturated rings. The second kappa shape index (κ2) is 58.4. The summed E-state index contributed by atoms with van der Waals surface area (Å²) >= 11 is 0. The third-order valence-corrected chi connectivity index (χ3v) is 15.6. The molecular formula is C62H128N2O4. The molecule has 410 valence electrons. The minimum atomic E-state index is -1.14. The van der Waals surface area contributed by atoms with Crippen molar-refractivity contribution >= 4 is 11.9 Å². The van der Waals surface area contributed by atoms with Crippen molar-refractivity contribution in [2.75, 3.05) is 52.4 Å². The number of carbonyl (C=O) groups excluding carboxylic acids is 2. The predicted octanol–water partition coefficient (Wildman–Crippen LogP) is 17.4. The number of carboxylic acids is 2. The van der Waals surface area contributed by atoms with Crippen molar-refractivity contribution in [3.05, 3.63) is 0 Å². The van der Waals surface area contributed by atoms with Gasteiger partial charge in [0.25, 0.3) is 0 Å². The highest BCUT2D eigenvalue weighted by molar-refractivity contribution is 5.65. The Bertz CT molecular complexity index is 836. The first-order valence-electron chi connectivity index (χ1n) is 31.2. The van der Waals surface area contributed by atoms with Crippen LogP contribution >= 0.6 is 0 Å². The van der Waals surface area contributed by atoms with Gasteiger partial charge >= 0.3 is 0 Å². The predicted molar refractivity (Wildman–Crippen MR) is 298 cm³/mol. The molecule has 0 aliphatic rings. The van der Waals surface area contributed by atoms with E-state index >= 15 is 0 Å². The van der Waals surface area contributed by atoms with Crippen LogP contribution in [0.15, 0.2) is 0 Å². The smallest absolute Gasteiger partial charge is 0.0786 e. The molecule has 0 bridgehead atoms. The summed E-state index contributed by atoms with van der Waals surface area (Å²) in [6, 6.07) is 0. The van der Waals surface area contributed by atoms with Gasteiger partial charge in [-0.1, -0.05) is 233 Å². The first-order chi connectivity index (χ1) is 33.1. The number of quaternary nitrogens is 2. The molecule has 68 heavy (non-hydrogen) atoms. The number of carboxylic acid groups (broad SMARTS) is 2. The van der Waals surface area contributed by atoms with Gasteiger partial charge in [-0.2, -0.15) is 0 Å². The van der Waals surface area contributed by atoms with E-state index in [-0.39, 0.29) is 12.8 Å². The van der Waals surface area contributed by atoms with E-state index in [2.05, 4.69) is 55.4 Å². The zero-order valence-electron chi connectivity index (χ0n) is 48.3. The van der Waals surface area contributed by atoms with Gasteiger partial charge in [0.2, 0.25) is 0 Å². The minimum absolute atomic E-state index is 0.0761. The Kier molecular flexibility index (Phi) is 61.1. The molecule has 0 heterocycles. The zero-order valence-corrected chi connectivity index (χ0v) is 48.3. The van der Waals surface area contributed by atoms with Gasteiger partial charge in [0.15, 0.2) is 0 Å². The van der Waals surface area contributed by atoms with E-state index in [1.54, 1.807) is 0 Å². The highest BCUT2D eigenvalue weighted by atomic mass is 16.4. The molecule has 0 rings (SSSR count). The Morgan fingerprint density at radius 2 is 0.382 bits per heavy atom. The number of hydrogen-bond donors (Lipinski definition) is 0.